The number of hydrogen-bond acceptors (Lipinski definition) is 6. The van der Waals surface area contributed by atoms with Gasteiger partial charge in [-0.15, -0.1) is 11.3 Å². The normalized spacial score (nSPS) is 11.8. The fourth-order valence-electron chi connectivity index (χ4n) is 1.75. The summed E-state index contributed by atoms with van der Waals surface area (Å²) in [6.07, 6.45) is 0. The van der Waals surface area contributed by atoms with Crippen molar-refractivity contribution in [2.75, 3.05) is 19.5 Å². The van der Waals surface area contributed by atoms with Crippen LogP contribution in [0.4, 0.5) is 5.69 Å². The first-order valence-corrected chi connectivity index (χ1v) is 8.41. The molecule has 0 unspecified atom stereocenters. The van der Waals surface area contributed by atoms with E-state index in [-0.39, 0.29) is 11.2 Å². The largest absolute Gasteiger partial charge is 0.493 e. The second kappa shape index (κ2) is 7.51. The number of aryl methyl sites for hydroxylation is 1. The van der Waals surface area contributed by atoms with Gasteiger partial charge >= 0.3 is 0 Å². The summed E-state index contributed by atoms with van der Waals surface area (Å²) in [4.78, 5) is 16.6. The van der Waals surface area contributed by atoms with Gasteiger partial charge in [-0.05, 0) is 26.0 Å². The number of methoxy groups -OCH3 is 2. The molecule has 7 heteroatoms. The van der Waals surface area contributed by atoms with Gasteiger partial charge in [0, 0.05) is 22.8 Å². The van der Waals surface area contributed by atoms with E-state index in [2.05, 4.69) is 10.3 Å². The van der Waals surface area contributed by atoms with Gasteiger partial charge in [0.2, 0.25) is 5.91 Å². The van der Waals surface area contributed by atoms with Gasteiger partial charge in [0.05, 0.1) is 19.5 Å². The van der Waals surface area contributed by atoms with Crippen LogP contribution in [0.15, 0.2) is 27.9 Å². The van der Waals surface area contributed by atoms with E-state index in [1.54, 1.807) is 43.8 Å². The summed E-state index contributed by atoms with van der Waals surface area (Å²) in [5.74, 6) is 1.13. The lowest BCUT2D eigenvalue weighted by molar-refractivity contribution is -0.115. The van der Waals surface area contributed by atoms with Crippen molar-refractivity contribution in [1.29, 1.82) is 0 Å². The number of ether oxygens (including phenoxy) is 2. The van der Waals surface area contributed by atoms with E-state index in [1.807, 2.05) is 19.2 Å². The van der Waals surface area contributed by atoms with Gasteiger partial charge in [-0.3, -0.25) is 4.79 Å². The molecule has 0 bridgehead atoms. The molecule has 0 saturated carbocycles. The molecule has 0 aliphatic rings. The van der Waals surface area contributed by atoms with Gasteiger partial charge in [0.1, 0.15) is 0 Å². The van der Waals surface area contributed by atoms with Gasteiger partial charge in [0.15, 0.2) is 15.8 Å². The second-order valence-corrected chi connectivity index (χ2v) is 7.02. The number of carbonyl (C=O) groups excluding carboxylic acids is 1. The lowest BCUT2D eigenvalue weighted by Crippen LogP contribution is -2.22. The topological polar surface area (TPSA) is 60.5 Å². The van der Waals surface area contributed by atoms with Crippen molar-refractivity contribution in [1.82, 2.24) is 4.98 Å². The Labute approximate surface area is 138 Å². The fraction of sp³-hybridized carbons (Fsp3) is 0.333. The van der Waals surface area contributed by atoms with Crippen molar-refractivity contribution in [3.05, 3.63) is 29.3 Å². The van der Waals surface area contributed by atoms with Crippen LogP contribution in [0.25, 0.3) is 0 Å². The molecular formula is C15H18N2O3S2. The molecule has 0 radical (unpaired) electrons. The first-order valence-electron chi connectivity index (χ1n) is 6.65. The van der Waals surface area contributed by atoms with Crippen molar-refractivity contribution in [3.8, 4) is 11.5 Å². The van der Waals surface area contributed by atoms with E-state index in [1.165, 1.54) is 11.8 Å². The summed E-state index contributed by atoms with van der Waals surface area (Å²) < 4.78 is 11.3. The Morgan fingerprint density at radius 3 is 2.64 bits per heavy atom. The van der Waals surface area contributed by atoms with Crippen molar-refractivity contribution >= 4 is 34.7 Å². The van der Waals surface area contributed by atoms with Crippen LogP contribution >= 0.6 is 23.1 Å². The average molecular weight is 338 g/mol. The van der Waals surface area contributed by atoms with Crippen LogP contribution in [0.5, 0.6) is 11.5 Å². The van der Waals surface area contributed by atoms with Crippen LogP contribution < -0.4 is 14.8 Å². The zero-order valence-corrected chi connectivity index (χ0v) is 14.5. The highest BCUT2D eigenvalue weighted by atomic mass is 32.2. The third-order valence-electron chi connectivity index (χ3n) is 2.90. The molecule has 22 heavy (non-hydrogen) atoms. The molecular weight excluding hydrogens is 320 g/mol. The Morgan fingerprint density at radius 1 is 1.32 bits per heavy atom. The molecule has 5 nitrogen and oxygen atoms in total. The van der Waals surface area contributed by atoms with Crippen molar-refractivity contribution < 1.29 is 14.3 Å². The lowest BCUT2D eigenvalue weighted by Gasteiger charge is -2.13. The molecule has 1 N–H and O–H groups in total. The molecule has 0 spiro atoms. The van der Waals surface area contributed by atoms with Crippen molar-refractivity contribution in [2.24, 2.45) is 0 Å². The number of thiazole rings is 1. The maximum absolute atomic E-state index is 12.3. The lowest BCUT2D eigenvalue weighted by atomic mass is 10.2. The Morgan fingerprint density at radius 2 is 2.05 bits per heavy atom. The van der Waals surface area contributed by atoms with Gasteiger partial charge in [-0.25, -0.2) is 4.98 Å². The van der Waals surface area contributed by atoms with E-state index in [0.717, 1.165) is 10.0 Å². The van der Waals surface area contributed by atoms with Crippen molar-refractivity contribution in [3.63, 3.8) is 0 Å². The summed E-state index contributed by atoms with van der Waals surface area (Å²) in [5, 5.41) is 4.61. The number of aromatic nitrogens is 1. The molecule has 1 atom stereocenters. The molecule has 0 saturated heterocycles. The predicted molar refractivity (Wildman–Crippen MR) is 90.3 cm³/mol. The summed E-state index contributed by atoms with van der Waals surface area (Å²) in [5.41, 5.74) is 1.64. The molecule has 118 valence electrons. The number of nitrogens with zero attached hydrogens (tertiary/aromatic N) is 1. The monoisotopic (exact) mass is 338 g/mol. The maximum Gasteiger partial charge on any atom is 0.237 e. The van der Waals surface area contributed by atoms with Crippen LogP contribution in [0.2, 0.25) is 0 Å². The first kappa shape index (κ1) is 16.6. The Bertz CT molecular complexity index is 658. The molecule has 1 heterocycles. The number of amides is 1. The Balaban J connectivity index is 2.01. The van der Waals surface area contributed by atoms with Crippen LogP contribution in [0.3, 0.4) is 0 Å². The van der Waals surface area contributed by atoms with Crippen molar-refractivity contribution in [2.45, 2.75) is 23.4 Å². The molecule has 0 aliphatic heterocycles. The average Bonchev–Trinajstić information content (AvgIpc) is 2.92. The Kier molecular flexibility index (Phi) is 5.68. The highest BCUT2D eigenvalue weighted by molar-refractivity contribution is 8.02. The molecule has 0 fully saturated rings. The second-order valence-electron chi connectivity index (χ2n) is 4.57. The minimum Gasteiger partial charge on any atom is -0.493 e. The molecule has 1 aromatic heterocycles. The molecule has 1 amide bonds. The number of nitrogens with one attached hydrogen (secondary N) is 1. The number of rotatable bonds is 6. The smallest absolute Gasteiger partial charge is 0.237 e. The summed E-state index contributed by atoms with van der Waals surface area (Å²) in [6, 6.07) is 5.28. The van der Waals surface area contributed by atoms with Gasteiger partial charge in [0.25, 0.3) is 0 Å². The van der Waals surface area contributed by atoms with Gasteiger partial charge < -0.3 is 14.8 Å². The minimum absolute atomic E-state index is 0.0786. The highest BCUT2D eigenvalue weighted by Gasteiger charge is 2.17. The SMILES string of the molecule is COc1ccc(NC(=O)[C@H](C)Sc2nc(C)cs2)cc1OC. The molecule has 2 aromatic rings. The van der Waals surface area contributed by atoms with E-state index in [4.69, 9.17) is 9.47 Å². The number of hydrogen-bond donors (Lipinski definition) is 1. The minimum atomic E-state index is -0.237. The van der Waals surface area contributed by atoms with Gasteiger partial charge in [-0.1, -0.05) is 11.8 Å². The predicted octanol–water partition coefficient (Wildman–Crippen LogP) is 3.59. The third kappa shape index (κ3) is 4.14. The van der Waals surface area contributed by atoms with E-state index in [9.17, 15) is 4.79 Å². The Hall–Kier alpha value is -1.73. The zero-order chi connectivity index (χ0) is 16.1. The molecule has 0 aliphatic carbocycles. The number of anilines is 1. The molecule has 1 aromatic carbocycles. The molecule has 2 rings (SSSR count). The summed E-state index contributed by atoms with van der Waals surface area (Å²) >= 11 is 3.00. The van der Waals surface area contributed by atoms with Crippen LogP contribution in [-0.2, 0) is 4.79 Å². The number of carbonyl (C=O) groups is 1. The first-order chi connectivity index (χ1) is 10.5. The third-order valence-corrected chi connectivity index (χ3v) is 5.09. The zero-order valence-electron chi connectivity index (χ0n) is 12.9. The summed E-state index contributed by atoms with van der Waals surface area (Å²) in [6.45, 7) is 3.80. The van der Waals surface area contributed by atoms with Crippen LogP contribution in [0.1, 0.15) is 12.6 Å². The highest BCUT2D eigenvalue weighted by Crippen LogP contribution is 2.31. The van der Waals surface area contributed by atoms with Crippen LogP contribution in [0, 0.1) is 6.92 Å². The van der Waals surface area contributed by atoms with E-state index < -0.39 is 0 Å². The standard InChI is InChI=1S/C15H18N2O3S2/c1-9-8-21-15(16-9)22-10(2)14(18)17-11-5-6-12(19-3)13(7-11)20-4/h5-8,10H,1-4H3,(H,17,18)/t10-/m0/s1. The fourth-order valence-corrected chi connectivity index (χ4v) is 3.73. The van der Waals surface area contributed by atoms with E-state index >= 15 is 0 Å². The van der Waals surface area contributed by atoms with Crippen LogP contribution in [-0.4, -0.2) is 30.4 Å². The number of thioether (sulfide) groups is 1. The quantitative estimate of drug-likeness (QED) is 0.816. The summed E-state index contributed by atoms with van der Waals surface area (Å²) in [7, 11) is 3.14. The van der Waals surface area contributed by atoms with E-state index in [0.29, 0.717) is 17.2 Å². The number of benzene rings is 1. The maximum atomic E-state index is 12.3. The van der Waals surface area contributed by atoms with Gasteiger partial charge in [-0.2, -0.15) is 0 Å².